The topological polar surface area (TPSA) is 56.1 Å². The minimum atomic E-state index is -0.0277. The maximum absolute atomic E-state index is 5.38. The van der Waals surface area contributed by atoms with Gasteiger partial charge in [0.1, 0.15) is 5.75 Å². The van der Waals surface area contributed by atoms with Crippen molar-refractivity contribution in [1.82, 2.24) is 25.1 Å². The van der Waals surface area contributed by atoms with Gasteiger partial charge in [-0.3, -0.25) is 4.90 Å². The van der Waals surface area contributed by atoms with Crippen molar-refractivity contribution < 1.29 is 4.74 Å². The third-order valence-electron chi connectivity index (χ3n) is 6.22. The first-order valence-corrected chi connectivity index (χ1v) is 11.1. The van der Waals surface area contributed by atoms with E-state index in [9.17, 15) is 0 Å². The summed E-state index contributed by atoms with van der Waals surface area (Å²) in [5, 5.41) is 12.9. The van der Waals surface area contributed by atoms with Crippen molar-refractivity contribution in [1.29, 1.82) is 0 Å². The summed E-state index contributed by atoms with van der Waals surface area (Å²) in [6.45, 7) is 2.57. The summed E-state index contributed by atoms with van der Waals surface area (Å²) in [5.41, 5.74) is 5.25. The molecule has 1 aliphatic rings. The molecule has 162 valence electrons. The highest BCUT2D eigenvalue weighted by Gasteiger charge is 2.30. The molecule has 6 nitrogen and oxygen atoms in total. The van der Waals surface area contributed by atoms with Gasteiger partial charge in [0.2, 0.25) is 0 Å². The third kappa shape index (κ3) is 4.27. The van der Waals surface area contributed by atoms with Crippen LogP contribution in [-0.2, 0) is 25.9 Å². The van der Waals surface area contributed by atoms with Crippen molar-refractivity contribution >= 4 is 0 Å². The zero-order valence-electron chi connectivity index (χ0n) is 18.3. The molecule has 0 N–H and O–H groups in total. The maximum atomic E-state index is 5.38. The zero-order valence-corrected chi connectivity index (χ0v) is 18.3. The summed E-state index contributed by atoms with van der Waals surface area (Å²) >= 11 is 0. The van der Waals surface area contributed by atoms with Gasteiger partial charge in [0.25, 0.3) is 0 Å². The molecule has 2 heterocycles. The second kappa shape index (κ2) is 9.32. The monoisotopic (exact) mass is 425 g/mol. The van der Waals surface area contributed by atoms with Crippen molar-refractivity contribution in [3.63, 3.8) is 0 Å². The van der Waals surface area contributed by atoms with Crippen molar-refractivity contribution in [3.8, 4) is 5.75 Å². The molecule has 0 fully saturated rings. The molecule has 5 rings (SSSR count). The fourth-order valence-corrected chi connectivity index (χ4v) is 4.49. The number of nitrogens with zero attached hydrogens (tertiary/aromatic N) is 5. The van der Waals surface area contributed by atoms with Crippen LogP contribution in [0.5, 0.6) is 5.75 Å². The molecule has 0 radical (unpaired) electrons. The first-order chi connectivity index (χ1) is 15.8. The fraction of sp³-hybridized carbons (Fsp3) is 0.269. The Morgan fingerprint density at radius 2 is 1.66 bits per heavy atom. The summed E-state index contributed by atoms with van der Waals surface area (Å²) < 4.78 is 7.34. The maximum Gasteiger partial charge on any atom is 0.173 e. The van der Waals surface area contributed by atoms with Gasteiger partial charge in [-0.05, 0) is 57.7 Å². The van der Waals surface area contributed by atoms with E-state index in [4.69, 9.17) is 4.74 Å². The highest BCUT2D eigenvalue weighted by Crippen LogP contribution is 2.32. The number of fused-ring (bicyclic) bond motifs is 1. The Labute approximate surface area is 188 Å². The van der Waals surface area contributed by atoms with Crippen LogP contribution >= 0.6 is 0 Å². The molecule has 6 heteroatoms. The number of tetrazole rings is 1. The van der Waals surface area contributed by atoms with Crippen LogP contribution < -0.4 is 4.74 Å². The molecule has 1 aromatic heterocycles. The average molecular weight is 426 g/mol. The van der Waals surface area contributed by atoms with E-state index < -0.39 is 0 Å². The molecule has 32 heavy (non-hydrogen) atoms. The van der Waals surface area contributed by atoms with Gasteiger partial charge in [-0.2, -0.15) is 0 Å². The lowest BCUT2D eigenvalue weighted by molar-refractivity contribution is 0.194. The van der Waals surface area contributed by atoms with E-state index in [1.54, 1.807) is 7.11 Å². The van der Waals surface area contributed by atoms with Crippen LogP contribution in [0, 0.1) is 0 Å². The second-order valence-electron chi connectivity index (χ2n) is 8.16. The Morgan fingerprint density at radius 3 is 2.44 bits per heavy atom. The molecule has 0 aliphatic carbocycles. The predicted molar refractivity (Wildman–Crippen MR) is 123 cm³/mol. The molecule has 1 atom stereocenters. The molecular formula is C26H27N5O. The summed E-state index contributed by atoms with van der Waals surface area (Å²) in [5.74, 6) is 1.73. The molecule has 4 aromatic rings. The SMILES string of the molecule is COc1ccc([C@@H](c2nnnn2CCc2ccccc2)N2CCc3ccccc3C2)cc1. The van der Waals surface area contributed by atoms with E-state index in [-0.39, 0.29) is 6.04 Å². The van der Waals surface area contributed by atoms with E-state index in [0.29, 0.717) is 0 Å². The number of benzene rings is 3. The van der Waals surface area contributed by atoms with Gasteiger partial charge in [0.05, 0.1) is 13.2 Å². The highest BCUT2D eigenvalue weighted by atomic mass is 16.5. The third-order valence-corrected chi connectivity index (χ3v) is 6.22. The zero-order chi connectivity index (χ0) is 21.8. The Kier molecular flexibility index (Phi) is 5.94. The molecule has 0 spiro atoms. The van der Waals surface area contributed by atoms with E-state index in [1.165, 1.54) is 22.3 Å². The van der Waals surface area contributed by atoms with Gasteiger partial charge in [-0.1, -0.05) is 66.7 Å². The molecule has 0 saturated heterocycles. The Morgan fingerprint density at radius 1 is 0.906 bits per heavy atom. The van der Waals surface area contributed by atoms with Crippen molar-refractivity contribution in [3.05, 3.63) is 107 Å². The predicted octanol–water partition coefficient (Wildman–Crippen LogP) is 4.07. The standard InChI is InChI=1S/C26H27N5O/c1-32-24-13-11-22(12-14-24)25(30-17-16-21-9-5-6-10-23(21)19-30)26-27-28-29-31(26)18-15-20-7-3-2-4-8-20/h2-14,25H,15-19H2,1H3/t25-/m0/s1. The number of methoxy groups -OCH3 is 1. The summed E-state index contributed by atoms with van der Waals surface area (Å²) in [7, 11) is 1.69. The van der Waals surface area contributed by atoms with Gasteiger partial charge >= 0.3 is 0 Å². The number of rotatable bonds is 7. The van der Waals surface area contributed by atoms with E-state index in [2.05, 4.69) is 81.1 Å². The molecule has 0 bridgehead atoms. The van der Waals surface area contributed by atoms with Gasteiger partial charge in [-0.15, -0.1) is 5.10 Å². The number of ether oxygens (including phenoxy) is 1. The quantitative estimate of drug-likeness (QED) is 0.447. The van der Waals surface area contributed by atoms with Crippen LogP contribution in [0.25, 0.3) is 0 Å². The Bertz CT molecular complexity index is 1160. The summed E-state index contributed by atoms with van der Waals surface area (Å²) in [6.07, 6.45) is 1.91. The van der Waals surface area contributed by atoms with E-state index >= 15 is 0 Å². The normalized spacial score (nSPS) is 14.7. The van der Waals surface area contributed by atoms with Crippen LogP contribution in [-0.4, -0.2) is 38.8 Å². The molecule has 0 saturated carbocycles. The van der Waals surface area contributed by atoms with Crippen LogP contribution in [0.2, 0.25) is 0 Å². The number of hydrogen-bond donors (Lipinski definition) is 0. The number of hydrogen-bond acceptors (Lipinski definition) is 5. The van der Waals surface area contributed by atoms with Gasteiger partial charge < -0.3 is 4.74 Å². The molecule has 0 unspecified atom stereocenters. The summed E-state index contributed by atoms with van der Waals surface area (Å²) in [6, 6.07) is 27.4. The van der Waals surface area contributed by atoms with E-state index in [1.807, 2.05) is 22.9 Å². The minimum absolute atomic E-state index is 0.0277. The van der Waals surface area contributed by atoms with Crippen LogP contribution in [0.1, 0.15) is 34.1 Å². The lowest BCUT2D eigenvalue weighted by Crippen LogP contribution is -2.36. The van der Waals surface area contributed by atoms with Crippen molar-refractivity contribution in [2.75, 3.05) is 13.7 Å². The fourth-order valence-electron chi connectivity index (χ4n) is 4.49. The molecule has 1 aliphatic heterocycles. The van der Waals surface area contributed by atoms with Crippen molar-refractivity contribution in [2.45, 2.75) is 32.0 Å². The van der Waals surface area contributed by atoms with Crippen molar-refractivity contribution in [2.24, 2.45) is 0 Å². The van der Waals surface area contributed by atoms with E-state index in [0.717, 1.165) is 44.0 Å². The molecule has 0 amide bonds. The molecular weight excluding hydrogens is 398 g/mol. The lowest BCUT2D eigenvalue weighted by Gasteiger charge is -2.35. The second-order valence-corrected chi connectivity index (χ2v) is 8.16. The van der Waals surface area contributed by atoms with Crippen LogP contribution in [0.3, 0.4) is 0 Å². The smallest absolute Gasteiger partial charge is 0.173 e. The van der Waals surface area contributed by atoms with Gasteiger partial charge in [0.15, 0.2) is 5.82 Å². The minimum Gasteiger partial charge on any atom is -0.497 e. The first-order valence-electron chi connectivity index (χ1n) is 11.1. The summed E-state index contributed by atoms with van der Waals surface area (Å²) in [4.78, 5) is 2.48. The van der Waals surface area contributed by atoms with Gasteiger partial charge in [-0.25, -0.2) is 4.68 Å². The largest absolute Gasteiger partial charge is 0.497 e. The average Bonchev–Trinajstić information content (AvgIpc) is 3.32. The van der Waals surface area contributed by atoms with Crippen LogP contribution in [0.15, 0.2) is 78.9 Å². The highest BCUT2D eigenvalue weighted by molar-refractivity contribution is 5.34. The molecule has 3 aromatic carbocycles. The number of aromatic nitrogens is 4. The van der Waals surface area contributed by atoms with Crippen LogP contribution in [0.4, 0.5) is 0 Å². The van der Waals surface area contributed by atoms with Gasteiger partial charge in [0, 0.05) is 19.6 Å². The number of aryl methyl sites for hydroxylation is 2. The lowest BCUT2D eigenvalue weighted by atomic mass is 9.96. The Balaban J connectivity index is 1.47. The first kappa shape index (κ1) is 20.4. The Hall–Kier alpha value is -3.51.